The average molecular weight is 419 g/mol. The lowest BCUT2D eigenvalue weighted by atomic mass is 9.95. The number of thioether (sulfide) groups is 1. The van der Waals surface area contributed by atoms with Crippen LogP contribution in [0.15, 0.2) is 65.8 Å². The van der Waals surface area contributed by atoms with Crippen molar-refractivity contribution in [3.05, 3.63) is 60.7 Å². The molecular weight excluding hydrogens is 392 g/mol. The summed E-state index contributed by atoms with van der Waals surface area (Å²) in [5, 5.41) is 12.2. The smallest absolute Gasteiger partial charge is 0.233 e. The third-order valence-corrected chi connectivity index (χ3v) is 6.32. The number of aromatic nitrogens is 3. The Morgan fingerprint density at radius 1 is 0.900 bits per heavy atom. The van der Waals surface area contributed by atoms with Gasteiger partial charge in [0.1, 0.15) is 11.4 Å². The van der Waals surface area contributed by atoms with Crippen molar-refractivity contribution in [2.75, 3.05) is 0 Å². The zero-order chi connectivity index (χ0) is 20.8. The molecule has 1 aliphatic carbocycles. The molecule has 0 spiro atoms. The molecule has 1 aromatic heterocycles. The fraction of sp³-hybridized carbons (Fsp3) is 0.333. The molecule has 0 unspecified atom stereocenters. The van der Waals surface area contributed by atoms with Crippen LogP contribution in [-0.4, -0.2) is 32.4 Å². The summed E-state index contributed by atoms with van der Waals surface area (Å²) >= 11 is 1.36. The van der Waals surface area contributed by atoms with Crippen LogP contribution in [0.25, 0.3) is 22.5 Å². The highest BCUT2D eigenvalue weighted by Crippen LogP contribution is 2.30. The molecule has 0 bridgehead atoms. The summed E-state index contributed by atoms with van der Waals surface area (Å²) in [4.78, 5) is 17.4. The second-order valence-corrected chi connectivity index (χ2v) is 8.94. The lowest BCUT2D eigenvalue weighted by Crippen LogP contribution is -2.40. The van der Waals surface area contributed by atoms with Crippen LogP contribution in [0.4, 0.5) is 0 Å². The van der Waals surface area contributed by atoms with Crippen LogP contribution >= 0.6 is 11.8 Å². The van der Waals surface area contributed by atoms with Crippen LogP contribution in [0.1, 0.15) is 39.0 Å². The van der Waals surface area contributed by atoms with Crippen LogP contribution in [-0.2, 0) is 4.79 Å². The van der Waals surface area contributed by atoms with E-state index in [1.165, 1.54) is 31.0 Å². The summed E-state index contributed by atoms with van der Waals surface area (Å²) in [6.07, 6.45) is 5.81. The molecule has 154 valence electrons. The molecular formula is C24H26N4OS. The molecule has 4 rings (SSSR count). The first kappa shape index (κ1) is 20.5. The topological polar surface area (TPSA) is 67.8 Å². The van der Waals surface area contributed by atoms with Crippen LogP contribution in [0.5, 0.6) is 0 Å². The molecule has 30 heavy (non-hydrogen) atoms. The van der Waals surface area contributed by atoms with Crippen molar-refractivity contribution in [2.24, 2.45) is 0 Å². The monoisotopic (exact) mass is 418 g/mol. The fourth-order valence-electron chi connectivity index (χ4n) is 3.73. The fourth-order valence-corrected chi connectivity index (χ4v) is 4.45. The first-order valence-electron chi connectivity index (χ1n) is 10.5. The average Bonchev–Trinajstić information content (AvgIpc) is 2.81. The highest BCUT2D eigenvalue weighted by molar-refractivity contribution is 8.00. The second-order valence-electron chi connectivity index (χ2n) is 7.63. The normalized spacial score (nSPS) is 15.5. The Kier molecular flexibility index (Phi) is 6.74. The molecule has 2 aromatic carbocycles. The number of rotatable bonds is 6. The van der Waals surface area contributed by atoms with Crippen molar-refractivity contribution in [2.45, 2.75) is 55.5 Å². The third-order valence-electron chi connectivity index (χ3n) is 5.36. The van der Waals surface area contributed by atoms with Crippen LogP contribution < -0.4 is 5.32 Å². The van der Waals surface area contributed by atoms with E-state index in [9.17, 15) is 4.79 Å². The maximum Gasteiger partial charge on any atom is 0.233 e. The predicted octanol–water partition coefficient (Wildman–Crippen LogP) is 5.14. The van der Waals surface area contributed by atoms with E-state index in [0.29, 0.717) is 11.2 Å². The molecule has 6 heteroatoms. The molecule has 1 saturated carbocycles. The zero-order valence-corrected chi connectivity index (χ0v) is 17.9. The molecule has 1 heterocycles. The van der Waals surface area contributed by atoms with Gasteiger partial charge in [-0.3, -0.25) is 4.79 Å². The Labute approximate surface area is 181 Å². The van der Waals surface area contributed by atoms with E-state index in [-0.39, 0.29) is 11.2 Å². The molecule has 3 aromatic rings. The zero-order valence-electron chi connectivity index (χ0n) is 17.1. The predicted molar refractivity (Wildman–Crippen MR) is 121 cm³/mol. The Bertz CT molecular complexity index is 975. The maximum absolute atomic E-state index is 12.7. The molecule has 1 N–H and O–H groups in total. The van der Waals surface area contributed by atoms with Gasteiger partial charge in [0, 0.05) is 17.2 Å². The van der Waals surface area contributed by atoms with Gasteiger partial charge in [0.25, 0.3) is 0 Å². The lowest BCUT2D eigenvalue weighted by Gasteiger charge is -2.24. The van der Waals surface area contributed by atoms with Gasteiger partial charge in [-0.2, -0.15) is 0 Å². The number of hydrogen-bond acceptors (Lipinski definition) is 5. The number of carbonyl (C=O) groups excluding carboxylic acids is 1. The van der Waals surface area contributed by atoms with Gasteiger partial charge in [0.2, 0.25) is 11.1 Å². The second kappa shape index (κ2) is 9.85. The van der Waals surface area contributed by atoms with Crippen LogP contribution in [0.2, 0.25) is 0 Å². The van der Waals surface area contributed by atoms with Crippen molar-refractivity contribution in [1.82, 2.24) is 20.5 Å². The Morgan fingerprint density at radius 2 is 1.50 bits per heavy atom. The molecule has 0 radical (unpaired) electrons. The summed E-state index contributed by atoms with van der Waals surface area (Å²) in [6.45, 7) is 1.90. The molecule has 0 aliphatic heterocycles. The number of amides is 1. The van der Waals surface area contributed by atoms with E-state index in [0.717, 1.165) is 35.4 Å². The quantitative estimate of drug-likeness (QED) is 0.562. The Hall–Kier alpha value is -2.73. The number of hydrogen-bond donors (Lipinski definition) is 1. The van der Waals surface area contributed by atoms with E-state index in [1.54, 1.807) is 0 Å². The van der Waals surface area contributed by atoms with Crippen molar-refractivity contribution < 1.29 is 4.79 Å². The summed E-state index contributed by atoms with van der Waals surface area (Å²) < 4.78 is 0. The maximum atomic E-state index is 12.7. The first-order chi connectivity index (χ1) is 14.7. The van der Waals surface area contributed by atoms with E-state index >= 15 is 0 Å². The molecule has 1 amide bonds. The van der Waals surface area contributed by atoms with Crippen molar-refractivity contribution in [1.29, 1.82) is 0 Å². The first-order valence-corrected chi connectivity index (χ1v) is 11.4. The summed E-state index contributed by atoms with van der Waals surface area (Å²) in [5.74, 6) is 0.0453. The minimum atomic E-state index is -0.278. The minimum absolute atomic E-state index is 0.0453. The highest BCUT2D eigenvalue weighted by Gasteiger charge is 2.22. The van der Waals surface area contributed by atoms with Crippen molar-refractivity contribution >= 4 is 17.7 Å². The van der Waals surface area contributed by atoms with E-state index in [1.807, 2.05) is 67.6 Å². The highest BCUT2D eigenvalue weighted by atomic mass is 32.2. The summed E-state index contributed by atoms with van der Waals surface area (Å²) in [7, 11) is 0. The van der Waals surface area contributed by atoms with Crippen molar-refractivity contribution in [3.63, 3.8) is 0 Å². The van der Waals surface area contributed by atoms with Gasteiger partial charge >= 0.3 is 0 Å². The summed E-state index contributed by atoms with van der Waals surface area (Å²) in [5.41, 5.74) is 3.47. The number of nitrogens with one attached hydrogen (secondary N) is 1. The molecule has 1 fully saturated rings. The van der Waals surface area contributed by atoms with E-state index in [4.69, 9.17) is 4.98 Å². The van der Waals surface area contributed by atoms with Crippen LogP contribution in [0, 0.1) is 0 Å². The van der Waals surface area contributed by atoms with Gasteiger partial charge < -0.3 is 5.32 Å². The Balaban J connectivity index is 1.56. The standard InChI is InChI=1S/C24H26N4OS/c1-17(23(29)25-20-15-9-4-10-16-20)30-24-26-21(18-11-5-2-6-12-18)22(27-28-24)19-13-7-3-8-14-19/h2-3,5-8,11-14,17,20H,4,9-10,15-16H2,1H3,(H,25,29)/t17-/m1/s1. The van der Waals surface area contributed by atoms with Crippen LogP contribution in [0.3, 0.4) is 0 Å². The molecule has 1 atom stereocenters. The van der Waals surface area contributed by atoms with Gasteiger partial charge in [0.15, 0.2) is 0 Å². The van der Waals surface area contributed by atoms with Gasteiger partial charge in [-0.1, -0.05) is 91.7 Å². The lowest BCUT2D eigenvalue weighted by molar-refractivity contribution is -0.121. The van der Waals surface area contributed by atoms with E-state index < -0.39 is 0 Å². The number of benzene rings is 2. The van der Waals surface area contributed by atoms with Crippen molar-refractivity contribution in [3.8, 4) is 22.5 Å². The molecule has 0 saturated heterocycles. The van der Waals surface area contributed by atoms with Gasteiger partial charge in [-0.05, 0) is 19.8 Å². The molecule has 1 aliphatic rings. The van der Waals surface area contributed by atoms with Gasteiger partial charge in [0.05, 0.1) is 5.25 Å². The summed E-state index contributed by atoms with van der Waals surface area (Å²) in [6, 6.07) is 20.2. The number of nitrogens with zero attached hydrogens (tertiary/aromatic N) is 3. The SMILES string of the molecule is C[C@@H](Sc1nnc(-c2ccccc2)c(-c2ccccc2)n1)C(=O)NC1CCCCC1. The van der Waals surface area contributed by atoms with Gasteiger partial charge in [-0.15, -0.1) is 10.2 Å². The Morgan fingerprint density at radius 3 is 2.13 bits per heavy atom. The van der Waals surface area contributed by atoms with Gasteiger partial charge in [-0.25, -0.2) is 4.98 Å². The third kappa shape index (κ3) is 5.05. The largest absolute Gasteiger partial charge is 0.352 e. The minimum Gasteiger partial charge on any atom is -0.352 e. The molecule has 5 nitrogen and oxygen atoms in total. The number of carbonyl (C=O) groups is 1. The van der Waals surface area contributed by atoms with E-state index in [2.05, 4.69) is 15.5 Å².